The van der Waals surface area contributed by atoms with Crippen molar-refractivity contribution in [2.75, 3.05) is 6.54 Å². The lowest BCUT2D eigenvalue weighted by Crippen LogP contribution is -2.41. The number of hydrogen-bond donors (Lipinski definition) is 2. The fraction of sp³-hybridized carbons (Fsp3) is 0.179. The highest BCUT2D eigenvalue weighted by Crippen LogP contribution is 2.18. The number of amides is 1. The lowest BCUT2D eigenvalue weighted by molar-refractivity contribution is 0.0954. The average Bonchev–Trinajstić information content (AvgIpc) is 3.30. The molecular weight excluding hydrogens is 440 g/mol. The average molecular weight is 467 g/mol. The number of benzene rings is 3. The van der Waals surface area contributed by atoms with Crippen molar-refractivity contribution in [2.45, 2.75) is 26.4 Å². The molecule has 0 fully saturated rings. The van der Waals surface area contributed by atoms with Crippen LogP contribution in [0, 0.1) is 0 Å². The molecule has 2 heterocycles. The maximum atomic E-state index is 12.8. The summed E-state index contributed by atoms with van der Waals surface area (Å²) in [6.07, 6.45) is 2.71. The quantitative estimate of drug-likeness (QED) is 0.359. The number of hydrogen-bond acceptors (Lipinski definition) is 3. The first-order chi connectivity index (χ1) is 17.1. The van der Waals surface area contributed by atoms with Gasteiger partial charge in [0, 0.05) is 35.8 Å². The lowest BCUT2D eigenvalue weighted by Gasteiger charge is -2.14. The summed E-state index contributed by atoms with van der Waals surface area (Å²) in [6, 6.07) is 22.6. The SMILES string of the molecule is CCn1c(=O)c(=O)n(Cc2ccc(C(=O)NCCc3c[nH]c4ccccc34)cc2)c2ccccc21. The molecule has 0 bridgehead atoms. The second-order valence-electron chi connectivity index (χ2n) is 8.49. The molecule has 0 aliphatic carbocycles. The van der Waals surface area contributed by atoms with Gasteiger partial charge in [-0.25, -0.2) is 0 Å². The third-order valence-electron chi connectivity index (χ3n) is 6.36. The molecule has 0 saturated heterocycles. The Morgan fingerprint density at radius 3 is 2.26 bits per heavy atom. The van der Waals surface area contributed by atoms with Gasteiger partial charge in [-0.1, -0.05) is 42.5 Å². The highest BCUT2D eigenvalue weighted by molar-refractivity contribution is 5.94. The number of nitrogens with zero attached hydrogens (tertiary/aromatic N) is 2. The lowest BCUT2D eigenvalue weighted by atomic mass is 10.1. The van der Waals surface area contributed by atoms with Gasteiger partial charge in [-0.15, -0.1) is 0 Å². The summed E-state index contributed by atoms with van der Waals surface area (Å²) in [5, 5.41) is 4.14. The van der Waals surface area contributed by atoms with E-state index >= 15 is 0 Å². The number of aromatic amines is 1. The molecule has 0 aliphatic rings. The maximum absolute atomic E-state index is 12.8. The van der Waals surface area contributed by atoms with Crippen LogP contribution in [0.15, 0.2) is 88.6 Å². The number of aromatic nitrogens is 3. The summed E-state index contributed by atoms with van der Waals surface area (Å²) in [5.41, 5.74) is 3.99. The van der Waals surface area contributed by atoms with Crippen molar-refractivity contribution in [1.82, 2.24) is 19.4 Å². The van der Waals surface area contributed by atoms with Crippen LogP contribution in [0.5, 0.6) is 0 Å². The first kappa shape index (κ1) is 22.4. The molecule has 0 radical (unpaired) electrons. The molecular formula is C28H26N4O3. The molecule has 0 atom stereocenters. The van der Waals surface area contributed by atoms with Crippen LogP contribution in [0.1, 0.15) is 28.4 Å². The Labute approximate surface area is 201 Å². The third kappa shape index (κ3) is 4.28. The summed E-state index contributed by atoms with van der Waals surface area (Å²) in [5.74, 6) is -0.149. The van der Waals surface area contributed by atoms with Gasteiger partial charge in [-0.3, -0.25) is 19.0 Å². The largest absolute Gasteiger partial charge is 0.361 e. The summed E-state index contributed by atoms with van der Waals surface area (Å²) in [7, 11) is 0. The van der Waals surface area contributed by atoms with Crippen LogP contribution in [-0.2, 0) is 19.5 Å². The van der Waals surface area contributed by atoms with E-state index in [9.17, 15) is 14.4 Å². The zero-order valence-electron chi connectivity index (χ0n) is 19.5. The number of fused-ring (bicyclic) bond motifs is 2. The molecule has 35 heavy (non-hydrogen) atoms. The van der Waals surface area contributed by atoms with E-state index in [4.69, 9.17) is 0 Å². The molecule has 0 spiro atoms. The van der Waals surface area contributed by atoms with Gasteiger partial charge >= 0.3 is 11.1 Å². The minimum absolute atomic E-state index is 0.149. The van der Waals surface area contributed by atoms with Crippen molar-refractivity contribution < 1.29 is 4.79 Å². The van der Waals surface area contributed by atoms with E-state index in [-0.39, 0.29) is 12.5 Å². The molecule has 0 saturated carbocycles. The molecule has 5 rings (SSSR count). The zero-order valence-corrected chi connectivity index (χ0v) is 19.5. The van der Waals surface area contributed by atoms with Gasteiger partial charge in [-0.05, 0) is 54.8 Å². The first-order valence-electron chi connectivity index (χ1n) is 11.7. The molecule has 1 amide bonds. The van der Waals surface area contributed by atoms with E-state index in [1.165, 1.54) is 20.1 Å². The van der Waals surface area contributed by atoms with Gasteiger partial charge < -0.3 is 14.9 Å². The van der Waals surface area contributed by atoms with Gasteiger partial charge in [0.05, 0.1) is 17.6 Å². The minimum Gasteiger partial charge on any atom is -0.361 e. The molecule has 7 heteroatoms. The number of rotatable bonds is 7. The van der Waals surface area contributed by atoms with Gasteiger partial charge in [0.15, 0.2) is 0 Å². The molecule has 5 aromatic rings. The normalized spacial score (nSPS) is 11.2. The predicted octanol–water partition coefficient (Wildman–Crippen LogP) is 3.69. The molecule has 2 N–H and O–H groups in total. The van der Waals surface area contributed by atoms with Crippen molar-refractivity contribution in [3.63, 3.8) is 0 Å². The second kappa shape index (κ2) is 9.46. The van der Waals surface area contributed by atoms with Crippen molar-refractivity contribution in [3.05, 3.63) is 116 Å². The molecule has 7 nitrogen and oxygen atoms in total. The highest BCUT2D eigenvalue weighted by atomic mass is 16.2. The van der Waals surface area contributed by atoms with Crippen LogP contribution in [0.2, 0.25) is 0 Å². The Kier molecular flexibility index (Phi) is 6.06. The molecule has 0 unspecified atom stereocenters. The molecule has 176 valence electrons. The van der Waals surface area contributed by atoms with Crippen LogP contribution in [0.25, 0.3) is 21.9 Å². The van der Waals surface area contributed by atoms with Crippen LogP contribution in [0.3, 0.4) is 0 Å². The van der Waals surface area contributed by atoms with Gasteiger partial charge in [0.1, 0.15) is 0 Å². The smallest absolute Gasteiger partial charge is 0.317 e. The van der Waals surface area contributed by atoms with Crippen LogP contribution in [0.4, 0.5) is 0 Å². The fourth-order valence-electron chi connectivity index (χ4n) is 4.54. The van der Waals surface area contributed by atoms with Crippen LogP contribution in [-0.4, -0.2) is 26.6 Å². The van der Waals surface area contributed by atoms with E-state index in [0.717, 1.165) is 23.0 Å². The third-order valence-corrected chi connectivity index (χ3v) is 6.36. The number of H-pyrrole nitrogens is 1. The van der Waals surface area contributed by atoms with Crippen molar-refractivity contribution in [2.24, 2.45) is 0 Å². The van der Waals surface area contributed by atoms with Crippen LogP contribution >= 0.6 is 0 Å². The predicted molar refractivity (Wildman–Crippen MR) is 138 cm³/mol. The number of nitrogens with one attached hydrogen (secondary N) is 2. The van der Waals surface area contributed by atoms with Crippen molar-refractivity contribution >= 4 is 27.8 Å². The van der Waals surface area contributed by atoms with Crippen LogP contribution < -0.4 is 16.4 Å². The summed E-state index contributed by atoms with van der Waals surface area (Å²) < 4.78 is 3.00. The van der Waals surface area contributed by atoms with Gasteiger partial charge in [-0.2, -0.15) is 0 Å². The monoisotopic (exact) mass is 466 g/mol. The Morgan fingerprint density at radius 2 is 1.51 bits per heavy atom. The Bertz CT molecular complexity index is 1640. The number of carbonyl (C=O) groups excluding carboxylic acids is 1. The minimum atomic E-state index is -0.551. The Balaban J connectivity index is 1.29. The van der Waals surface area contributed by atoms with E-state index in [1.54, 1.807) is 12.1 Å². The number of aryl methyl sites for hydroxylation is 1. The molecule has 0 aliphatic heterocycles. The van der Waals surface area contributed by atoms with E-state index in [0.29, 0.717) is 24.2 Å². The molecule has 3 aromatic carbocycles. The number of para-hydroxylation sites is 3. The Hall–Kier alpha value is -4.39. The number of carbonyl (C=O) groups is 1. The molecule has 2 aromatic heterocycles. The van der Waals surface area contributed by atoms with Gasteiger partial charge in [0.25, 0.3) is 5.91 Å². The standard InChI is InChI=1S/C28H26N4O3/c1-2-31-24-9-5-6-10-25(24)32(28(35)27(31)34)18-19-11-13-20(14-12-19)26(33)29-16-15-21-17-30-23-8-4-3-7-22(21)23/h3-14,17,30H,2,15-16,18H2,1H3,(H,29,33). The maximum Gasteiger partial charge on any atom is 0.317 e. The summed E-state index contributed by atoms with van der Waals surface area (Å²) in [6.45, 7) is 3.06. The first-order valence-corrected chi connectivity index (χ1v) is 11.7. The fourth-order valence-corrected chi connectivity index (χ4v) is 4.54. The Morgan fingerprint density at radius 1 is 0.857 bits per heavy atom. The van der Waals surface area contributed by atoms with E-state index in [2.05, 4.69) is 16.4 Å². The van der Waals surface area contributed by atoms with Gasteiger partial charge in [0.2, 0.25) is 0 Å². The van der Waals surface area contributed by atoms with Crippen molar-refractivity contribution in [3.8, 4) is 0 Å². The second-order valence-corrected chi connectivity index (χ2v) is 8.49. The summed E-state index contributed by atoms with van der Waals surface area (Å²) in [4.78, 5) is 41.3. The van der Waals surface area contributed by atoms with E-state index in [1.807, 2.05) is 67.7 Å². The summed E-state index contributed by atoms with van der Waals surface area (Å²) >= 11 is 0. The topological polar surface area (TPSA) is 88.9 Å². The zero-order chi connectivity index (χ0) is 24.4. The van der Waals surface area contributed by atoms with E-state index < -0.39 is 11.1 Å². The van der Waals surface area contributed by atoms with Crippen molar-refractivity contribution in [1.29, 1.82) is 0 Å². The highest BCUT2D eigenvalue weighted by Gasteiger charge is 2.13.